The van der Waals surface area contributed by atoms with Gasteiger partial charge in [-0.2, -0.15) is 0 Å². The zero-order chi connectivity index (χ0) is 17.4. The number of benzene rings is 1. The van der Waals surface area contributed by atoms with E-state index in [1.807, 2.05) is 24.3 Å². The maximum atomic E-state index is 10.5. The summed E-state index contributed by atoms with van der Waals surface area (Å²) in [6, 6.07) is 5.76. The van der Waals surface area contributed by atoms with Crippen molar-refractivity contribution in [2.24, 2.45) is 0 Å². The molecule has 0 radical (unpaired) electrons. The van der Waals surface area contributed by atoms with E-state index in [0.29, 0.717) is 30.5 Å². The van der Waals surface area contributed by atoms with E-state index in [1.54, 1.807) is 7.11 Å². The number of carboxylic acid groups (broad SMARTS) is 1. The molecular formula is C17H22O6S. The van der Waals surface area contributed by atoms with Crippen LogP contribution in [0, 0.1) is 0 Å². The first kappa shape index (κ1) is 18.6. The molecule has 7 heteroatoms. The van der Waals surface area contributed by atoms with Gasteiger partial charge in [0.05, 0.1) is 19.5 Å². The Morgan fingerprint density at radius 1 is 1.50 bits per heavy atom. The predicted octanol–water partition coefficient (Wildman–Crippen LogP) is 2.36. The van der Waals surface area contributed by atoms with Crippen molar-refractivity contribution in [3.05, 3.63) is 36.4 Å². The average Bonchev–Trinajstić information content (AvgIpc) is 3.01. The highest BCUT2D eigenvalue weighted by molar-refractivity contribution is 7.99. The number of methoxy groups -OCH3 is 1. The molecule has 132 valence electrons. The lowest BCUT2D eigenvalue weighted by Crippen LogP contribution is -2.22. The van der Waals surface area contributed by atoms with E-state index in [2.05, 4.69) is 6.58 Å². The third-order valence-corrected chi connectivity index (χ3v) is 4.28. The van der Waals surface area contributed by atoms with Gasteiger partial charge in [-0.05, 0) is 24.1 Å². The Kier molecular flexibility index (Phi) is 7.42. The topological polar surface area (TPSA) is 74.2 Å². The fourth-order valence-electron chi connectivity index (χ4n) is 2.23. The van der Waals surface area contributed by atoms with Crippen LogP contribution in [0.2, 0.25) is 0 Å². The minimum absolute atomic E-state index is 0.0403. The molecule has 2 rings (SSSR count). The molecule has 1 fully saturated rings. The molecule has 1 heterocycles. The van der Waals surface area contributed by atoms with Gasteiger partial charge >= 0.3 is 5.97 Å². The average molecular weight is 354 g/mol. The first-order valence-corrected chi connectivity index (χ1v) is 8.75. The number of hydrogen-bond acceptors (Lipinski definition) is 6. The van der Waals surface area contributed by atoms with E-state index in [0.717, 1.165) is 12.0 Å². The van der Waals surface area contributed by atoms with Crippen LogP contribution in [-0.2, 0) is 20.7 Å². The molecule has 1 N–H and O–H groups in total. The number of ether oxygens (including phenoxy) is 4. The van der Waals surface area contributed by atoms with E-state index in [4.69, 9.17) is 24.1 Å². The maximum Gasteiger partial charge on any atom is 0.313 e. The molecule has 1 aromatic carbocycles. The summed E-state index contributed by atoms with van der Waals surface area (Å²) in [6.07, 6.45) is 2.03. The van der Waals surface area contributed by atoms with Crippen LogP contribution in [0.25, 0.3) is 0 Å². The second kappa shape index (κ2) is 9.56. The number of rotatable bonds is 10. The summed E-state index contributed by atoms with van der Waals surface area (Å²) in [6.45, 7) is 4.49. The summed E-state index contributed by atoms with van der Waals surface area (Å²) in [7, 11) is 1.60. The van der Waals surface area contributed by atoms with E-state index >= 15 is 0 Å². The predicted molar refractivity (Wildman–Crippen MR) is 92.0 cm³/mol. The second-order valence-corrected chi connectivity index (χ2v) is 6.25. The van der Waals surface area contributed by atoms with Gasteiger partial charge in [0.2, 0.25) is 0 Å². The van der Waals surface area contributed by atoms with Crippen molar-refractivity contribution >= 4 is 17.7 Å². The number of aliphatic carboxylic acids is 1. The number of hydrogen-bond donors (Lipinski definition) is 1. The van der Waals surface area contributed by atoms with Crippen molar-refractivity contribution in [3.63, 3.8) is 0 Å². The third-order valence-electron chi connectivity index (χ3n) is 3.32. The van der Waals surface area contributed by atoms with Crippen molar-refractivity contribution in [2.45, 2.75) is 18.8 Å². The molecule has 1 aromatic rings. The summed E-state index contributed by atoms with van der Waals surface area (Å²) >= 11 is 1.27. The van der Waals surface area contributed by atoms with Crippen LogP contribution in [0.1, 0.15) is 5.56 Å². The molecule has 0 aliphatic carbocycles. The Bertz CT molecular complexity index is 562. The highest BCUT2D eigenvalue weighted by Gasteiger charge is 2.27. The van der Waals surface area contributed by atoms with Gasteiger partial charge in [-0.15, -0.1) is 18.3 Å². The molecule has 24 heavy (non-hydrogen) atoms. The quantitative estimate of drug-likeness (QED) is 0.647. The lowest BCUT2D eigenvalue weighted by Gasteiger charge is -2.15. The van der Waals surface area contributed by atoms with Gasteiger partial charge < -0.3 is 24.1 Å². The monoisotopic (exact) mass is 354 g/mol. The second-order valence-electron chi connectivity index (χ2n) is 5.22. The molecule has 2 unspecified atom stereocenters. The van der Waals surface area contributed by atoms with Gasteiger partial charge in [0, 0.05) is 5.75 Å². The van der Waals surface area contributed by atoms with Gasteiger partial charge in [-0.1, -0.05) is 12.1 Å². The van der Waals surface area contributed by atoms with Crippen molar-refractivity contribution in [1.82, 2.24) is 0 Å². The summed E-state index contributed by atoms with van der Waals surface area (Å²) in [5.74, 6) is 1.01. The fraction of sp³-hybridized carbons (Fsp3) is 0.471. The minimum Gasteiger partial charge on any atom is -0.493 e. The zero-order valence-corrected chi connectivity index (χ0v) is 14.4. The molecule has 0 saturated carbocycles. The largest absolute Gasteiger partial charge is 0.493 e. The summed E-state index contributed by atoms with van der Waals surface area (Å²) in [5, 5.41) is 8.61. The highest BCUT2D eigenvalue weighted by atomic mass is 32.2. The number of carbonyl (C=O) groups is 1. The molecule has 0 aromatic heterocycles. The van der Waals surface area contributed by atoms with Crippen molar-refractivity contribution in [2.75, 3.05) is 31.8 Å². The van der Waals surface area contributed by atoms with Crippen LogP contribution >= 0.6 is 11.8 Å². The van der Waals surface area contributed by atoms with Gasteiger partial charge in [-0.3, -0.25) is 4.79 Å². The molecule has 0 bridgehead atoms. The van der Waals surface area contributed by atoms with Crippen LogP contribution in [-0.4, -0.2) is 55.3 Å². The van der Waals surface area contributed by atoms with E-state index in [9.17, 15) is 4.79 Å². The molecular weight excluding hydrogens is 332 g/mol. The zero-order valence-electron chi connectivity index (χ0n) is 13.6. The van der Waals surface area contributed by atoms with Crippen molar-refractivity contribution in [1.29, 1.82) is 0 Å². The molecule has 6 nitrogen and oxygen atoms in total. The normalized spacial score (nSPS) is 19.9. The minimum atomic E-state index is -0.843. The van der Waals surface area contributed by atoms with Crippen LogP contribution in [0.4, 0.5) is 0 Å². The van der Waals surface area contributed by atoms with Crippen LogP contribution in [0.5, 0.6) is 11.5 Å². The summed E-state index contributed by atoms with van der Waals surface area (Å²) < 4.78 is 22.3. The molecule has 1 aliphatic rings. The first-order valence-electron chi connectivity index (χ1n) is 7.59. The van der Waals surface area contributed by atoms with Crippen LogP contribution in [0.15, 0.2) is 30.9 Å². The van der Waals surface area contributed by atoms with E-state index in [1.165, 1.54) is 11.8 Å². The Hall–Kier alpha value is -1.70. The lowest BCUT2D eigenvalue weighted by atomic mass is 10.1. The Balaban J connectivity index is 1.79. The van der Waals surface area contributed by atoms with Gasteiger partial charge in [0.1, 0.15) is 12.7 Å². The van der Waals surface area contributed by atoms with E-state index < -0.39 is 5.97 Å². The summed E-state index contributed by atoms with van der Waals surface area (Å²) in [5.41, 5.74) is 1.10. The third kappa shape index (κ3) is 5.74. The Morgan fingerprint density at radius 3 is 3.04 bits per heavy atom. The smallest absolute Gasteiger partial charge is 0.313 e. The number of thioether (sulfide) groups is 1. The van der Waals surface area contributed by atoms with Crippen LogP contribution in [0.3, 0.4) is 0 Å². The first-order chi connectivity index (χ1) is 11.6. The Morgan fingerprint density at radius 2 is 2.33 bits per heavy atom. The fourth-order valence-corrected chi connectivity index (χ4v) is 2.89. The molecule has 1 saturated heterocycles. The SMILES string of the molecule is C=CCc1ccc(OCC2COC(CSCC(=O)O)O2)c(OC)c1. The molecule has 1 aliphatic heterocycles. The standard InChI is InChI=1S/C17H22O6S/c1-3-4-12-5-6-14(15(7-12)20-2)21-8-13-9-22-17(23-13)11-24-10-16(18)19/h3,5-7,13,17H,1,4,8-11H2,2H3,(H,18,19). The Labute approximate surface area is 145 Å². The van der Waals surface area contributed by atoms with Crippen molar-refractivity contribution < 1.29 is 28.8 Å². The molecule has 0 amide bonds. The highest BCUT2D eigenvalue weighted by Crippen LogP contribution is 2.29. The maximum absolute atomic E-state index is 10.5. The molecule has 0 spiro atoms. The summed E-state index contributed by atoms with van der Waals surface area (Å²) in [4.78, 5) is 10.5. The van der Waals surface area contributed by atoms with E-state index in [-0.39, 0.29) is 18.1 Å². The number of allylic oxidation sites excluding steroid dienone is 1. The van der Waals surface area contributed by atoms with Gasteiger partial charge in [0.25, 0.3) is 0 Å². The van der Waals surface area contributed by atoms with Gasteiger partial charge in [0.15, 0.2) is 17.8 Å². The van der Waals surface area contributed by atoms with Crippen LogP contribution < -0.4 is 9.47 Å². The van der Waals surface area contributed by atoms with Crippen molar-refractivity contribution in [3.8, 4) is 11.5 Å². The molecule has 2 atom stereocenters. The van der Waals surface area contributed by atoms with Gasteiger partial charge in [-0.25, -0.2) is 0 Å². The number of carboxylic acids is 1. The lowest BCUT2D eigenvalue weighted by molar-refractivity contribution is -0.133.